The lowest BCUT2D eigenvalue weighted by molar-refractivity contribution is 1.01. The lowest BCUT2D eigenvalue weighted by Gasteiger charge is -2.01. The maximum atomic E-state index is 6.00. The number of nitrogen functional groups attached to an aromatic ring is 1. The van der Waals surface area contributed by atoms with E-state index in [0.29, 0.717) is 10.7 Å². The second-order valence-corrected chi connectivity index (χ2v) is 5.03. The number of anilines is 1. The van der Waals surface area contributed by atoms with Crippen LogP contribution in [0.4, 0.5) is 5.69 Å². The summed E-state index contributed by atoms with van der Waals surface area (Å²) in [7, 11) is 0. The third kappa shape index (κ3) is 2.17. The van der Waals surface area contributed by atoms with Crippen molar-refractivity contribution in [1.82, 2.24) is 10.2 Å². The molecule has 72 valence electrons. The van der Waals surface area contributed by atoms with Crippen LogP contribution in [0.3, 0.4) is 0 Å². The van der Waals surface area contributed by atoms with Crippen LogP contribution in [0.2, 0.25) is 5.02 Å². The van der Waals surface area contributed by atoms with Gasteiger partial charge in [0.25, 0.3) is 0 Å². The lowest BCUT2D eigenvalue weighted by atomic mass is 10.3. The molecule has 0 fully saturated rings. The molecule has 2 rings (SSSR count). The number of rotatable bonds is 2. The molecule has 1 heterocycles. The maximum absolute atomic E-state index is 6.00. The minimum absolute atomic E-state index is 0.644. The number of nitrogens with two attached hydrogens (primary N) is 1. The summed E-state index contributed by atoms with van der Waals surface area (Å²) < 4.78 is 0.872. The van der Waals surface area contributed by atoms with E-state index < -0.39 is 0 Å². The highest BCUT2D eigenvalue weighted by Gasteiger charge is 2.05. The third-order valence-electron chi connectivity index (χ3n) is 1.49. The first-order valence-corrected chi connectivity index (χ1v) is 5.82. The van der Waals surface area contributed by atoms with Crippen molar-refractivity contribution < 1.29 is 0 Å². The average Bonchev–Trinajstić information content (AvgIpc) is 2.62. The second-order valence-electron chi connectivity index (χ2n) is 2.50. The first-order valence-electron chi connectivity index (χ1n) is 3.75. The monoisotopic (exact) mass is 243 g/mol. The fraction of sp³-hybridized carbons (Fsp3) is 0. The Morgan fingerprint density at radius 1 is 1.43 bits per heavy atom. The van der Waals surface area contributed by atoms with E-state index >= 15 is 0 Å². The van der Waals surface area contributed by atoms with Gasteiger partial charge in [0.15, 0.2) is 4.34 Å². The molecule has 0 unspecified atom stereocenters. The maximum Gasteiger partial charge on any atom is 0.178 e. The predicted octanol–water partition coefficient (Wildman–Crippen LogP) is 2.92. The molecule has 6 heteroatoms. The molecule has 0 saturated carbocycles. The standard InChI is InChI=1S/C8H6ClN3S2/c9-6-3-5(10)1-2-7(6)14-8-12-11-4-13-8/h1-4H,10H2. The summed E-state index contributed by atoms with van der Waals surface area (Å²) in [5.41, 5.74) is 7.93. The molecule has 0 spiro atoms. The highest BCUT2D eigenvalue weighted by molar-refractivity contribution is 8.01. The molecule has 2 aromatic rings. The molecule has 14 heavy (non-hydrogen) atoms. The minimum Gasteiger partial charge on any atom is -0.399 e. The van der Waals surface area contributed by atoms with Gasteiger partial charge in [-0.05, 0) is 18.2 Å². The quantitative estimate of drug-likeness (QED) is 0.824. The smallest absolute Gasteiger partial charge is 0.178 e. The van der Waals surface area contributed by atoms with Crippen molar-refractivity contribution in [1.29, 1.82) is 0 Å². The summed E-state index contributed by atoms with van der Waals surface area (Å²) in [5.74, 6) is 0. The van der Waals surface area contributed by atoms with Crippen molar-refractivity contribution in [3.63, 3.8) is 0 Å². The Kier molecular flexibility index (Phi) is 2.90. The van der Waals surface area contributed by atoms with E-state index in [1.54, 1.807) is 11.6 Å². The Labute approximate surface area is 94.3 Å². The lowest BCUT2D eigenvalue weighted by Crippen LogP contribution is -1.84. The van der Waals surface area contributed by atoms with Crippen molar-refractivity contribution in [2.45, 2.75) is 9.24 Å². The van der Waals surface area contributed by atoms with E-state index in [4.69, 9.17) is 17.3 Å². The highest BCUT2D eigenvalue weighted by Crippen LogP contribution is 2.34. The van der Waals surface area contributed by atoms with Gasteiger partial charge < -0.3 is 5.73 Å². The SMILES string of the molecule is Nc1ccc(Sc2nncs2)c(Cl)c1. The summed E-state index contributed by atoms with van der Waals surface area (Å²) in [6.07, 6.45) is 0. The van der Waals surface area contributed by atoms with Gasteiger partial charge in [-0.2, -0.15) is 0 Å². The fourth-order valence-electron chi connectivity index (χ4n) is 0.901. The van der Waals surface area contributed by atoms with Gasteiger partial charge in [-0.1, -0.05) is 34.7 Å². The zero-order valence-electron chi connectivity index (χ0n) is 6.98. The van der Waals surface area contributed by atoms with Crippen LogP contribution in [0.15, 0.2) is 32.9 Å². The summed E-state index contributed by atoms with van der Waals surface area (Å²) in [5, 5.41) is 8.31. The van der Waals surface area contributed by atoms with Gasteiger partial charge in [0.2, 0.25) is 0 Å². The number of hydrogen-bond acceptors (Lipinski definition) is 5. The van der Waals surface area contributed by atoms with Crippen molar-refractivity contribution in [3.8, 4) is 0 Å². The summed E-state index contributed by atoms with van der Waals surface area (Å²) in [4.78, 5) is 0.942. The molecule has 3 nitrogen and oxygen atoms in total. The van der Waals surface area contributed by atoms with E-state index in [0.717, 1.165) is 9.24 Å². The van der Waals surface area contributed by atoms with Crippen molar-refractivity contribution in [2.24, 2.45) is 0 Å². The van der Waals surface area contributed by atoms with Crippen molar-refractivity contribution >= 4 is 40.4 Å². The van der Waals surface area contributed by atoms with Gasteiger partial charge in [0, 0.05) is 10.6 Å². The van der Waals surface area contributed by atoms with Crippen LogP contribution in [-0.2, 0) is 0 Å². The van der Waals surface area contributed by atoms with E-state index in [9.17, 15) is 0 Å². The Morgan fingerprint density at radius 3 is 2.93 bits per heavy atom. The molecular formula is C8H6ClN3S2. The molecule has 0 atom stereocenters. The Balaban J connectivity index is 2.25. The van der Waals surface area contributed by atoms with Crippen LogP contribution in [-0.4, -0.2) is 10.2 Å². The first kappa shape index (κ1) is 9.76. The van der Waals surface area contributed by atoms with Crippen LogP contribution < -0.4 is 5.73 Å². The number of aromatic nitrogens is 2. The van der Waals surface area contributed by atoms with Gasteiger partial charge in [-0.15, -0.1) is 10.2 Å². The first-order chi connectivity index (χ1) is 6.75. The van der Waals surface area contributed by atoms with Crippen molar-refractivity contribution in [3.05, 3.63) is 28.7 Å². The Hall–Kier alpha value is -0.780. The Bertz CT molecular complexity index is 430. The topological polar surface area (TPSA) is 51.8 Å². The molecule has 0 amide bonds. The van der Waals surface area contributed by atoms with Gasteiger partial charge in [0.05, 0.1) is 5.02 Å². The van der Waals surface area contributed by atoms with E-state index in [-0.39, 0.29) is 0 Å². The number of halogens is 1. The third-order valence-corrected chi connectivity index (χ3v) is 3.77. The average molecular weight is 244 g/mol. The molecular weight excluding hydrogens is 238 g/mol. The Morgan fingerprint density at radius 2 is 2.29 bits per heavy atom. The summed E-state index contributed by atoms with van der Waals surface area (Å²) >= 11 is 8.97. The van der Waals surface area contributed by atoms with Gasteiger partial charge in [-0.3, -0.25) is 0 Å². The van der Waals surface area contributed by atoms with Gasteiger partial charge in [-0.25, -0.2) is 0 Å². The number of hydrogen-bond donors (Lipinski definition) is 1. The molecule has 0 bridgehead atoms. The molecule has 1 aromatic heterocycles. The fourth-order valence-corrected chi connectivity index (χ4v) is 2.64. The van der Waals surface area contributed by atoms with E-state index in [1.165, 1.54) is 23.1 Å². The van der Waals surface area contributed by atoms with Crippen LogP contribution in [0.25, 0.3) is 0 Å². The predicted molar refractivity (Wildman–Crippen MR) is 59.9 cm³/mol. The number of benzene rings is 1. The minimum atomic E-state index is 0.644. The zero-order chi connectivity index (χ0) is 9.97. The molecule has 2 N–H and O–H groups in total. The van der Waals surface area contributed by atoms with Crippen LogP contribution in [0.1, 0.15) is 0 Å². The summed E-state index contributed by atoms with van der Waals surface area (Å²) in [6.45, 7) is 0. The molecule has 1 aromatic carbocycles. The normalized spacial score (nSPS) is 10.4. The van der Waals surface area contributed by atoms with Crippen LogP contribution in [0, 0.1) is 0 Å². The van der Waals surface area contributed by atoms with Crippen molar-refractivity contribution in [2.75, 3.05) is 5.73 Å². The molecule has 0 saturated heterocycles. The summed E-state index contributed by atoms with van der Waals surface area (Å²) in [6, 6.07) is 5.42. The second kappa shape index (κ2) is 4.16. The van der Waals surface area contributed by atoms with Gasteiger partial charge >= 0.3 is 0 Å². The number of nitrogens with zero attached hydrogens (tertiary/aromatic N) is 2. The molecule has 0 aliphatic carbocycles. The van der Waals surface area contributed by atoms with E-state index in [2.05, 4.69) is 10.2 Å². The van der Waals surface area contributed by atoms with Crippen LogP contribution >= 0.6 is 34.7 Å². The highest BCUT2D eigenvalue weighted by atomic mass is 35.5. The molecule has 0 radical (unpaired) electrons. The van der Waals surface area contributed by atoms with Crippen LogP contribution in [0.5, 0.6) is 0 Å². The van der Waals surface area contributed by atoms with E-state index in [1.807, 2.05) is 12.1 Å². The largest absolute Gasteiger partial charge is 0.399 e. The molecule has 0 aliphatic rings. The zero-order valence-corrected chi connectivity index (χ0v) is 9.36. The van der Waals surface area contributed by atoms with Gasteiger partial charge in [0.1, 0.15) is 5.51 Å². The molecule has 0 aliphatic heterocycles.